The summed E-state index contributed by atoms with van der Waals surface area (Å²) >= 11 is 0. The molecule has 1 N–H and O–H groups in total. The monoisotopic (exact) mass is 199 g/mol. The highest BCUT2D eigenvalue weighted by Gasteiger charge is 2.38. The highest BCUT2D eigenvalue weighted by Crippen LogP contribution is 2.22. The second kappa shape index (κ2) is 4.05. The zero-order valence-electron chi connectivity index (χ0n) is 7.18. The third-order valence-corrected chi connectivity index (χ3v) is 1.58. The number of halogens is 3. The molecule has 0 fully saturated rings. The minimum absolute atomic E-state index is 0.354. The first-order chi connectivity index (χ1) is 6.54. The second-order valence-corrected chi connectivity index (χ2v) is 2.65. The Morgan fingerprint density at radius 2 is 1.79 bits per heavy atom. The van der Waals surface area contributed by atoms with E-state index in [1.807, 2.05) is 0 Å². The summed E-state index contributed by atoms with van der Waals surface area (Å²) in [5, 5.41) is 2.21. The van der Waals surface area contributed by atoms with E-state index in [1.165, 1.54) is 12.1 Å². The molecule has 0 aromatic heterocycles. The Bertz CT molecular complexity index is 323. The van der Waals surface area contributed by atoms with Gasteiger partial charge in [0.05, 0.1) is 0 Å². The quantitative estimate of drug-likeness (QED) is 0.722. The van der Waals surface area contributed by atoms with Crippen molar-refractivity contribution < 1.29 is 13.2 Å². The second-order valence-electron chi connectivity index (χ2n) is 2.65. The predicted octanol–water partition coefficient (Wildman–Crippen LogP) is 2.66. The van der Waals surface area contributed by atoms with Gasteiger partial charge in [-0.25, -0.2) is 0 Å². The van der Waals surface area contributed by atoms with Gasteiger partial charge in [-0.15, -0.1) is 6.42 Å². The summed E-state index contributed by atoms with van der Waals surface area (Å²) < 4.78 is 36.6. The van der Waals surface area contributed by atoms with E-state index in [-0.39, 0.29) is 0 Å². The molecule has 0 aliphatic carbocycles. The van der Waals surface area contributed by atoms with Crippen LogP contribution in [0.5, 0.6) is 0 Å². The molecular weight excluding hydrogens is 191 g/mol. The summed E-state index contributed by atoms with van der Waals surface area (Å²) in [5.74, 6) is 1.65. The van der Waals surface area contributed by atoms with Gasteiger partial charge in [-0.05, 0) is 12.1 Å². The minimum Gasteiger partial charge on any atom is -0.364 e. The van der Waals surface area contributed by atoms with Crippen molar-refractivity contribution in [2.45, 2.75) is 12.2 Å². The van der Waals surface area contributed by atoms with Crippen LogP contribution in [-0.2, 0) is 0 Å². The van der Waals surface area contributed by atoms with E-state index in [4.69, 9.17) is 6.42 Å². The smallest absolute Gasteiger partial charge is 0.364 e. The van der Waals surface area contributed by atoms with Gasteiger partial charge in [0.1, 0.15) is 0 Å². The van der Waals surface area contributed by atoms with Crippen LogP contribution in [0.3, 0.4) is 0 Å². The maximum atomic E-state index is 12.2. The van der Waals surface area contributed by atoms with Crippen LogP contribution in [0.4, 0.5) is 18.9 Å². The van der Waals surface area contributed by atoms with Gasteiger partial charge in [0.25, 0.3) is 0 Å². The molecule has 1 aromatic carbocycles. The molecule has 1 nitrogen and oxygen atoms in total. The molecule has 0 aliphatic heterocycles. The van der Waals surface area contributed by atoms with Crippen LogP contribution in [0.15, 0.2) is 30.3 Å². The summed E-state index contributed by atoms with van der Waals surface area (Å²) in [6.07, 6.45) is 0.348. The van der Waals surface area contributed by atoms with E-state index in [1.54, 1.807) is 24.1 Å². The molecule has 1 unspecified atom stereocenters. The summed E-state index contributed by atoms with van der Waals surface area (Å²) in [7, 11) is 0. The van der Waals surface area contributed by atoms with Gasteiger partial charge >= 0.3 is 6.18 Å². The third kappa shape index (κ3) is 2.70. The Labute approximate surface area is 79.9 Å². The van der Waals surface area contributed by atoms with Crippen molar-refractivity contribution >= 4 is 5.69 Å². The fourth-order valence-corrected chi connectivity index (χ4v) is 0.919. The van der Waals surface area contributed by atoms with E-state index in [9.17, 15) is 13.2 Å². The van der Waals surface area contributed by atoms with Crippen molar-refractivity contribution in [3.8, 4) is 12.3 Å². The number of alkyl halides is 3. The maximum absolute atomic E-state index is 12.2. The van der Waals surface area contributed by atoms with Crippen LogP contribution in [0.25, 0.3) is 0 Å². The Kier molecular flexibility index (Phi) is 3.03. The first-order valence-corrected chi connectivity index (χ1v) is 3.88. The number of hydrogen-bond donors (Lipinski definition) is 1. The van der Waals surface area contributed by atoms with Crippen molar-refractivity contribution in [3.63, 3.8) is 0 Å². The predicted molar refractivity (Wildman–Crippen MR) is 48.7 cm³/mol. The molecule has 74 valence electrons. The highest BCUT2D eigenvalue weighted by molar-refractivity contribution is 5.45. The molecule has 14 heavy (non-hydrogen) atoms. The van der Waals surface area contributed by atoms with Gasteiger partial charge in [-0.1, -0.05) is 24.1 Å². The normalized spacial score (nSPS) is 13.0. The van der Waals surface area contributed by atoms with Crippen molar-refractivity contribution in [3.05, 3.63) is 30.3 Å². The third-order valence-electron chi connectivity index (χ3n) is 1.58. The van der Waals surface area contributed by atoms with Crippen molar-refractivity contribution in [1.82, 2.24) is 0 Å². The summed E-state index contributed by atoms with van der Waals surface area (Å²) in [4.78, 5) is 0. The zero-order chi connectivity index (χ0) is 10.6. The van der Waals surface area contributed by atoms with Gasteiger partial charge < -0.3 is 5.32 Å². The van der Waals surface area contributed by atoms with Crippen molar-refractivity contribution in [2.75, 3.05) is 5.32 Å². The topological polar surface area (TPSA) is 12.0 Å². The van der Waals surface area contributed by atoms with E-state index >= 15 is 0 Å². The number of nitrogens with one attached hydrogen (secondary N) is 1. The Morgan fingerprint density at radius 1 is 1.21 bits per heavy atom. The molecule has 0 saturated heterocycles. The largest absolute Gasteiger partial charge is 0.419 e. The van der Waals surface area contributed by atoms with Crippen molar-refractivity contribution in [1.29, 1.82) is 0 Å². The highest BCUT2D eigenvalue weighted by atomic mass is 19.4. The molecule has 0 heterocycles. The van der Waals surface area contributed by atoms with Gasteiger partial charge in [0, 0.05) is 5.69 Å². The molecule has 0 amide bonds. The average molecular weight is 199 g/mol. The van der Waals surface area contributed by atoms with E-state index in [2.05, 4.69) is 5.32 Å². The van der Waals surface area contributed by atoms with Crippen LogP contribution in [0.2, 0.25) is 0 Å². The van der Waals surface area contributed by atoms with Crippen LogP contribution in [0, 0.1) is 12.3 Å². The standard InChI is InChI=1S/C10H8F3N/c1-2-9(10(11,12)13)14-8-6-4-3-5-7-8/h1,3-7,9,14H. The lowest BCUT2D eigenvalue weighted by atomic mass is 10.2. The van der Waals surface area contributed by atoms with E-state index < -0.39 is 12.2 Å². The number of hydrogen-bond acceptors (Lipinski definition) is 1. The molecule has 0 radical (unpaired) electrons. The molecule has 1 rings (SSSR count). The lowest BCUT2D eigenvalue weighted by Gasteiger charge is -2.17. The Hall–Kier alpha value is -1.63. The van der Waals surface area contributed by atoms with Crippen LogP contribution in [0.1, 0.15) is 0 Å². The number of anilines is 1. The van der Waals surface area contributed by atoms with Gasteiger partial charge in [0.15, 0.2) is 6.04 Å². The number of para-hydroxylation sites is 1. The first kappa shape index (κ1) is 10.5. The molecule has 1 atom stereocenters. The minimum atomic E-state index is -4.43. The van der Waals surface area contributed by atoms with Crippen LogP contribution < -0.4 is 5.32 Å². The van der Waals surface area contributed by atoms with E-state index in [0.717, 1.165) is 0 Å². The van der Waals surface area contributed by atoms with Gasteiger partial charge in [-0.2, -0.15) is 13.2 Å². The van der Waals surface area contributed by atoms with Gasteiger partial charge in [0.2, 0.25) is 0 Å². The first-order valence-electron chi connectivity index (χ1n) is 3.88. The fraction of sp³-hybridized carbons (Fsp3) is 0.200. The van der Waals surface area contributed by atoms with E-state index in [0.29, 0.717) is 5.69 Å². The number of rotatable bonds is 2. The van der Waals surface area contributed by atoms with Crippen LogP contribution >= 0.6 is 0 Å². The van der Waals surface area contributed by atoms with Crippen LogP contribution in [-0.4, -0.2) is 12.2 Å². The SMILES string of the molecule is C#CC(Nc1ccccc1)C(F)(F)F. The Balaban J connectivity index is 2.74. The molecule has 0 spiro atoms. The Morgan fingerprint density at radius 3 is 2.21 bits per heavy atom. The molecular formula is C10H8F3N. The molecule has 0 bridgehead atoms. The number of benzene rings is 1. The number of terminal acetylenes is 1. The fourth-order valence-electron chi connectivity index (χ4n) is 0.919. The zero-order valence-corrected chi connectivity index (χ0v) is 7.18. The molecule has 0 aliphatic rings. The summed E-state index contributed by atoms with van der Waals surface area (Å²) in [5.41, 5.74) is 0.354. The molecule has 1 aromatic rings. The molecule has 0 saturated carbocycles. The maximum Gasteiger partial charge on any atom is 0.419 e. The van der Waals surface area contributed by atoms with Gasteiger partial charge in [-0.3, -0.25) is 0 Å². The average Bonchev–Trinajstić information content (AvgIpc) is 2.14. The lowest BCUT2D eigenvalue weighted by Crippen LogP contribution is -2.34. The summed E-state index contributed by atoms with van der Waals surface area (Å²) in [6.45, 7) is 0. The lowest BCUT2D eigenvalue weighted by molar-refractivity contribution is -0.130. The summed E-state index contributed by atoms with van der Waals surface area (Å²) in [6, 6.07) is 6.08. The van der Waals surface area contributed by atoms with Crippen molar-refractivity contribution in [2.24, 2.45) is 0 Å². The molecule has 4 heteroatoms.